The molecule has 2 heterocycles. The van der Waals surface area contributed by atoms with Crippen molar-refractivity contribution in [3.63, 3.8) is 0 Å². The topological polar surface area (TPSA) is 54.6 Å². The minimum Gasteiger partial charge on any atom is -0.484 e. The molecule has 0 atom stereocenters. The molecule has 0 radical (unpaired) electrons. The second-order valence-electron chi connectivity index (χ2n) is 6.51. The smallest absolute Gasteiger partial charge is 0.198 e. The molecule has 1 saturated heterocycles. The first-order chi connectivity index (χ1) is 9.29. The van der Waals surface area contributed by atoms with Crippen molar-refractivity contribution in [3.8, 4) is 5.75 Å². The highest BCUT2D eigenvalue weighted by Gasteiger charge is 2.28. The van der Waals surface area contributed by atoms with E-state index in [4.69, 9.17) is 10.5 Å². The minimum absolute atomic E-state index is 0.114. The Balaban J connectivity index is 2.07. The molecule has 0 unspecified atom stereocenters. The highest BCUT2D eigenvalue weighted by atomic mass is 32.1. The molecule has 5 nitrogen and oxygen atoms in total. The molecular formula is C14H26N4OS. The van der Waals surface area contributed by atoms with E-state index in [0.29, 0.717) is 5.82 Å². The lowest BCUT2D eigenvalue weighted by Crippen LogP contribution is -2.53. The zero-order valence-electron chi connectivity index (χ0n) is 13.1. The van der Waals surface area contributed by atoms with Gasteiger partial charge in [0.05, 0.1) is 6.10 Å². The molecule has 114 valence electrons. The number of nitrogens with zero attached hydrogens (tertiary/aromatic N) is 3. The number of ether oxygens (including phenoxy) is 1. The van der Waals surface area contributed by atoms with Gasteiger partial charge in [-0.15, -0.1) is 0 Å². The first-order valence-corrected chi connectivity index (χ1v) is 7.98. The third-order valence-electron chi connectivity index (χ3n) is 3.53. The summed E-state index contributed by atoms with van der Waals surface area (Å²) >= 11 is 1.44. The second-order valence-corrected chi connectivity index (χ2v) is 7.27. The monoisotopic (exact) mass is 298 g/mol. The molecule has 6 heteroatoms. The number of nitrogen functional groups attached to an aromatic ring is 1. The van der Waals surface area contributed by atoms with Crippen LogP contribution in [0.25, 0.3) is 0 Å². The van der Waals surface area contributed by atoms with Gasteiger partial charge in [-0.2, -0.15) is 4.37 Å². The minimum atomic E-state index is 0.114. The molecular weight excluding hydrogens is 272 g/mol. The number of hydrogen-bond acceptors (Lipinski definition) is 6. The van der Waals surface area contributed by atoms with Gasteiger partial charge in [-0.05, 0) is 46.2 Å². The van der Waals surface area contributed by atoms with E-state index in [-0.39, 0.29) is 11.6 Å². The van der Waals surface area contributed by atoms with Gasteiger partial charge in [0.1, 0.15) is 0 Å². The van der Waals surface area contributed by atoms with E-state index < -0.39 is 0 Å². The van der Waals surface area contributed by atoms with Crippen LogP contribution in [0.15, 0.2) is 0 Å². The van der Waals surface area contributed by atoms with Crippen LogP contribution in [-0.2, 0) is 0 Å². The summed E-state index contributed by atoms with van der Waals surface area (Å²) in [4.78, 5) is 4.85. The Morgan fingerprint density at radius 2 is 1.80 bits per heavy atom. The van der Waals surface area contributed by atoms with Gasteiger partial charge in [-0.1, -0.05) is 0 Å². The molecule has 1 aliphatic rings. The van der Waals surface area contributed by atoms with Crippen LogP contribution in [0.1, 0.15) is 34.6 Å². The average Bonchev–Trinajstić information content (AvgIpc) is 2.70. The summed E-state index contributed by atoms with van der Waals surface area (Å²) in [6, 6.07) is 0. The Morgan fingerprint density at radius 1 is 1.20 bits per heavy atom. The normalized spacial score (nSPS) is 17.8. The predicted molar refractivity (Wildman–Crippen MR) is 85.8 cm³/mol. The standard InChI is InChI=1S/C14H26N4OS/c1-10(2)19-11-12(15)16-20-13(11)17-6-8-18(9-7-17)14(3,4)5/h10H,6-9H2,1-5H3,(H2,15,16). The Hall–Kier alpha value is -1.01. The van der Waals surface area contributed by atoms with Gasteiger partial charge in [-0.3, -0.25) is 4.90 Å². The van der Waals surface area contributed by atoms with Gasteiger partial charge in [0.15, 0.2) is 16.6 Å². The van der Waals surface area contributed by atoms with Crippen LogP contribution in [0.2, 0.25) is 0 Å². The average molecular weight is 298 g/mol. The van der Waals surface area contributed by atoms with Gasteiger partial charge >= 0.3 is 0 Å². The molecule has 1 aliphatic heterocycles. The number of rotatable bonds is 3. The van der Waals surface area contributed by atoms with Crippen LogP contribution < -0.4 is 15.4 Å². The van der Waals surface area contributed by atoms with Crippen molar-refractivity contribution < 1.29 is 4.74 Å². The molecule has 1 aromatic heterocycles. The summed E-state index contributed by atoms with van der Waals surface area (Å²) in [7, 11) is 0. The summed E-state index contributed by atoms with van der Waals surface area (Å²) in [6.07, 6.45) is 0.114. The van der Waals surface area contributed by atoms with E-state index >= 15 is 0 Å². The Bertz CT molecular complexity index is 445. The van der Waals surface area contributed by atoms with Crippen molar-refractivity contribution in [1.82, 2.24) is 9.27 Å². The Kier molecular flexibility index (Phi) is 4.44. The van der Waals surface area contributed by atoms with Crippen LogP contribution in [0.3, 0.4) is 0 Å². The van der Waals surface area contributed by atoms with Crippen LogP contribution in [0, 0.1) is 0 Å². The van der Waals surface area contributed by atoms with Crippen LogP contribution >= 0.6 is 11.5 Å². The lowest BCUT2D eigenvalue weighted by atomic mass is 10.1. The maximum Gasteiger partial charge on any atom is 0.198 e. The number of hydrogen-bond donors (Lipinski definition) is 1. The molecule has 0 bridgehead atoms. The lowest BCUT2D eigenvalue weighted by molar-refractivity contribution is 0.128. The van der Waals surface area contributed by atoms with Crippen molar-refractivity contribution in [1.29, 1.82) is 0 Å². The fourth-order valence-corrected chi connectivity index (χ4v) is 3.21. The molecule has 0 amide bonds. The second kappa shape index (κ2) is 5.77. The fourth-order valence-electron chi connectivity index (χ4n) is 2.41. The van der Waals surface area contributed by atoms with Crippen LogP contribution in [0.5, 0.6) is 5.75 Å². The summed E-state index contributed by atoms with van der Waals surface area (Å²) in [5, 5.41) is 1.07. The molecule has 2 N–H and O–H groups in total. The summed E-state index contributed by atoms with van der Waals surface area (Å²) in [5.41, 5.74) is 6.16. The summed E-state index contributed by atoms with van der Waals surface area (Å²) in [5.74, 6) is 1.27. The zero-order valence-corrected chi connectivity index (χ0v) is 14.0. The molecule has 0 spiro atoms. The van der Waals surface area contributed by atoms with E-state index in [0.717, 1.165) is 36.9 Å². The van der Waals surface area contributed by atoms with Gasteiger partial charge in [-0.25, -0.2) is 0 Å². The van der Waals surface area contributed by atoms with Crippen molar-refractivity contribution in [3.05, 3.63) is 0 Å². The van der Waals surface area contributed by atoms with Gasteiger partial charge in [0.25, 0.3) is 0 Å². The zero-order chi connectivity index (χ0) is 14.9. The van der Waals surface area contributed by atoms with E-state index in [2.05, 4.69) is 34.9 Å². The summed E-state index contributed by atoms with van der Waals surface area (Å²) in [6.45, 7) is 14.9. The van der Waals surface area contributed by atoms with Crippen molar-refractivity contribution in [2.45, 2.75) is 46.3 Å². The molecule has 0 saturated carbocycles. The van der Waals surface area contributed by atoms with Crippen molar-refractivity contribution in [2.75, 3.05) is 36.8 Å². The van der Waals surface area contributed by atoms with E-state index in [9.17, 15) is 0 Å². The fraction of sp³-hybridized carbons (Fsp3) is 0.786. The molecule has 1 aromatic rings. The van der Waals surface area contributed by atoms with E-state index in [1.807, 2.05) is 13.8 Å². The third-order valence-corrected chi connectivity index (χ3v) is 4.43. The number of piperazine rings is 1. The summed E-state index contributed by atoms with van der Waals surface area (Å²) < 4.78 is 10.1. The van der Waals surface area contributed by atoms with Gasteiger partial charge in [0.2, 0.25) is 0 Å². The van der Waals surface area contributed by atoms with Gasteiger partial charge < -0.3 is 15.4 Å². The highest BCUT2D eigenvalue weighted by molar-refractivity contribution is 7.11. The SMILES string of the molecule is CC(C)Oc1c(N)nsc1N1CCN(C(C)(C)C)CC1. The predicted octanol–water partition coefficient (Wildman–Crippen LogP) is 2.43. The first kappa shape index (κ1) is 15.4. The Labute approximate surface area is 125 Å². The molecule has 20 heavy (non-hydrogen) atoms. The lowest BCUT2D eigenvalue weighted by Gasteiger charge is -2.42. The van der Waals surface area contributed by atoms with Gasteiger partial charge in [0, 0.05) is 31.7 Å². The van der Waals surface area contributed by atoms with Crippen LogP contribution in [-0.4, -0.2) is 47.1 Å². The van der Waals surface area contributed by atoms with E-state index in [1.165, 1.54) is 11.5 Å². The maximum atomic E-state index is 5.93. The molecule has 0 aromatic carbocycles. The third kappa shape index (κ3) is 3.35. The van der Waals surface area contributed by atoms with Crippen molar-refractivity contribution >= 4 is 22.4 Å². The highest BCUT2D eigenvalue weighted by Crippen LogP contribution is 2.39. The number of anilines is 2. The quantitative estimate of drug-likeness (QED) is 0.929. The maximum absolute atomic E-state index is 5.93. The molecule has 2 rings (SSSR count). The number of aromatic nitrogens is 1. The van der Waals surface area contributed by atoms with Crippen LogP contribution in [0.4, 0.5) is 10.8 Å². The van der Waals surface area contributed by atoms with E-state index in [1.54, 1.807) is 0 Å². The molecule has 1 fully saturated rings. The number of nitrogens with two attached hydrogens (primary N) is 1. The first-order valence-electron chi connectivity index (χ1n) is 7.21. The van der Waals surface area contributed by atoms with Crippen molar-refractivity contribution in [2.24, 2.45) is 0 Å². The Morgan fingerprint density at radius 3 is 2.30 bits per heavy atom. The largest absolute Gasteiger partial charge is 0.484 e. The molecule has 0 aliphatic carbocycles.